The van der Waals surface area contributed by atoms with Gasteiger partial charge >= 0.3 is 0 Å². The van der Waals surface area contributed by atoms with Gasteiger partial charge in [-0.1, -0.05) is 6.07 Å². The van der Waals surface area contributed by atoms with E-state index in [9.17, 15) is 8.42 Å². The molecule has 1 heterocycles. The molecule has 0 saturated heterocycles. The van der Waals surface area contributed by atoms with E-state index >= 15 is 0 Å². The number of para-hydroxylation sites is 1. The van der Waals surface area contributed by atoms with Crippen LogP contribution in [-0.4, -0.2) is 15.5 Å². The summed E-state index contributed by atoms with van der Waals surface area (Å²) in [5, 5.41) is 2.90. The molecule has 2 N–H and O–H groups in total. The first-order valence-corrected chi connectivity index (χ1v) is 9.61. The molecule has 1 aromatic carbocycles. The van der Waals surface area contributed by atoms with Crippen molar-refractivity contribution in [1.82, 2.24) is 5.32 Å². The van der Waals surface area contributed by atoms with Gasteiger partial charge in [0, 0.05) is 15.0 Å². The largest absolute Gasteiger partial charge is 0.451 e. The molecule has 0 spiro atoms. The summed E-state index contributed by atoms with van der Waals surface area (Å²) in [6, 6.07) is 6.78. The van der Waals surface area contributed by atoms with E-state index in [0.717, 1.165) is 0 Å². The molecule has 0 amide bonds. The van der Waals surface area contributed by atoms with E-state index in [2.05, 4.69) is 57.8 Å². The molecule has 0 radical (unpaired) electrons. The van der Waals surface area contributed by atoms with Crippen LogP contribution in [-0.2, 0) is 16.6 Å². The lowest BCUT2D eigenvalue weighted by molar-refractivity contribution is 0.470. The number of hydrogen-bond acceptors (Lipinski definition) is 4. The molecule has 0 aliphatic heterocycles. The second-order valence-electron chi connectivity index (χ2n) is 4.08. The van der Waals surface area contributed by atoms with Crippen molar-refractivity contribution in [3.63, 3.8) is 0 Å². The molecular weight excluding hydrogens is 492 g/mol. The van der Waals surface area contributed by atoms with Gasteiger partial charge in [0.05, 0.1) is 12.2 Å². The van der Waals surface area contributed by atoms with Crippen LogP contribution in [0.3, 0.4) is 0 Å². The summed E-state index contributed by atoms with van der Waals surface area (Å²) in [7, 11) is -2.01. The Hall–Kier alpha value is -0.350. The van der Waals surface area contributed by atoms with Gasteiger partial charge < -0.3 is 9.73 Å². The lowest BCUT2D eigenvalue weighted by atomic mass is 10.3. The van der Waals surface area contributed by atoms with Crippen molar-refractivity contribution in [3.8, 4) is 0 Å². The van der Waals surface area contributed by atoms with Crippen molar-refractivity contribution in [3.05, 3.63) is 43.6 Å². The number of rotatable bonds is 5. The molecule has 0 unspecified atom stereocenters. The Labute approximate surface area is 147 Å². The molecule has 5 nitrogen and oxygen atoms in total. The highest BCUT2D eigenvalue weighted by Gasteiger charge is 2.24. The third-order valence-electron chi connectivity index (χ3n) is 2.55. The first-order valence-electron chi connectivity index (χ1n) is 5.75. The van der Waals surface area contributed by atoms with Gasteiger partial charge in [-0.15, -0.1) is 0 Å². The lowest BCUT2D eigenvalue weighted by Gasteiger charge is -2.10. The monoisotopic (exact) mass is 500 g/mol. The number of benzene rings is 1. The van der Waals surface area contributed by atoms with Crippen LogP contribution in [0, 0.1) is 0 Å². The van der Waals surface area contributed by atoms with Crippen LogP contribution in [0.1, 0.15) is 5.76 Å². The van der Waals surface area contributed by atoms with Crippen LogP contribution in [0.5, 0.6) is 0 Å². The van der Waals surface area contributed by atoms with E-state index in [1.807, 2.05) is 0 Å². The maximum Gasteiger partial charge on any atom is 0.266 e. The van der Waals surface area contributed by atoms with Crippen molar-refractivity contribution in [2.75, 3.05) is 11.8 Å². The maximum atomic E-state index is 12.5. The van der Waals surface area contributed by atoms with Gasteiger partial charge in [-0.25, -0.2) is 8.42 Å². The van der Waals surface area contributed by atoms with Crippen LogP contribution in [0.25, 0.3) is 0 Å². The first kappa shape index (κ1) is 17.0. The minimum atomic E-state index is -3.76. The van der Waals surface area contributed by atoms with Gasteiger partial charge in [0.2, 0.25) is 0 Å². The van der Waals surface area contributed by atoms with Crippen LogP contribution in [0.15, 0.2) is 47.2 Å². The zero-order chi connectivity index (χ0) is 15.6. The van der Waals surface area contributed by atoms with Crippen molar-refractivity contribution >= 4 is 63.5 Å². The predicted octanol–water partition coefficient (Wildman–Crippen LogP) is 4.09. The molecule has 1 aromatic heterocycles. The van der Waals surface area contributed by atoms with Crippen molar-refractivity contribution in [2.45, 2.75) is 11.4 Å². The first-order chi connectivity index (χ1) is 9.85. The van der Waals surface area contributed by atoms with Crippen molar-refractivity contribution in [2.24, 2.45) is 0 Å². The predicted molar refractivity (Wildman–Crippen MR) is 91.8 cm³/mol. The normalized spacial score (nSPS) is 11.6. The van der Waals surface area contributed by atoms with E-state index in [1.54, 1.807) is 25.2 Å². The summed E-state index contributed by atoms with van der Waals surface area (Å²) in [5.41, 5.74) is 0.431. The highest BCUT2D eigenvalue weighted by Crippen LogP contribution is 2.34. The molecule has 0 aliphatic carbocycles. The average Bonchev–Trinajstić information content (AvgIpc) is 2.76. The Balaban J connectivity index is 2.39. The minimum Gasteiger partial charge on any atom is -0.451 e. The Bertz CT molecular complexity index is 739. The molecule has 114 valence electrons. The van der Waals surface area contributed by atoms with E-state index < -0.39 is 10.0 Å². The number of furan rings is 1. The fraction of sp³-hybridized carbons (Fsp3) is 0.167. The summed E-state index contributed by atoms with van der Waals surface area (Å²) in [5.74, 6) is 0.524. The van der Waals surface area contributed by atoms with E-state index in [0.29, 0.717) is 26.9 Å². The van der Waals surface area contributed by atoms with E-state index in [4.69, 9.17) is 4.42 Å². The molecule has 0 fully saturated rings. The molecule has 0 aliphatic rings. The number of anilines is 1. The van der Waals surface area contributed by atoms with Gasteiger partial charge in [-0.05, 0) is 67.0 Å². The summed E-state index contributed by atoms with van der Waals surface area (Å²) < 4.78 is 34.3. The van der Waals surface area contributed by atoms with E-state index in [-0.39, 0.29) is 9.56 Å². The molecule has 21 heavy (non-hydrogen) atoms. The van der Waals surface area contributed by atoms with E-state index in [1.165, 1.54) is 6.07 Å². The summed E-state index contributed by atoms with van der Waals surface area (Å²) in [4.78, 5) is 0.0513. The minimum absolute atomic E-state index is 0.0513. The summed E-state index contributed by atoms with van der Waals surface area (Å²) in [6.45, 7) is 0.437. The fourth-order valence-electron chi connectivity index (χ4n) is 1.63. The standard InChI is InChI=1S/C12H11Br3N2O3S/c1-16-6-7-5-10(12(15)20-7)21(18,19)17-11-8(13)3-2-4-9(11)14/h2-5,16-17H,6H2,1H3. The summed E-state index contributed by atoms with van der Waals surface area (Å²) in [6.07, 6.45) is 0. The number of halogens is 3. The molecule has 9 heteroatoms. The molecule has 0 saturated carbocycles. The number of hydrogen-bond donors (Lipinski definition) is 2. The maximum absolute atomic E-state index is 12.5. The number of sulfonamides is 1. The third-order valence-corrected chi connectivity index (χ3v) is 6.07. The van der Waals surface area contributed by atoms with Crippen molar-refractivity contribution < 1.29 is 12.8 Å². The Morgan fingerprint density at radius 2 is 1.81 bits per heavy atom. The summed E-state index contributed by atoms with van der Waals surface area (Å²) >= 11 is 9.77. The highest BCUT2D eigenvalue weighted by molar-refractivity contribution is 9.11. The van der Waals surface area contributed by atoms with Crippen LogP contribution in [0.2, 0.25) is 0 Å². The Kier molecular flexibility index (Phi) is 5.53. The molecular formula is C12H11Br3N2O3S. The van der Waals surface area contributed by atoms with Crippen LogP contribution in [0.4, 0.5) is 5.69 Å². The average molecular weight is 503 g/mol. The topological polar surface area (TPSA) is 71.3 Å². The van der Waals surface area contributed by atoms with Gasteiger partial charge in [0.25, 0.3) is 10.0 Å². The highest BCUT2D eigenvalue weighted by atomic mass is 79.9. The van der Waals surface area contributed by atoms with Gasteiger partial charge in [0.15, 0.2) is 4.67 Å². The second kappa shape index (κ2) is 6.82. The lowest BCUT2D eigenvalue weighted by Crippen LogP contribution is -2.13. The van der Waals surface area contributed by atoms with Gasteiger partial charge in [0.1, 0.15) is 10.7 Å². The number of nitrogens with one attached hydrogen (secondary N) is 2. The second-order valence-corrected chi connectivity index (χ2v) is 8.16. The quantitative estimate of drug-likeness (QED) is 0.646. The van der Waals surface area contributed by atoms with Gasteiger partial charge in [-0.2, -0.15) is 0 Å². The van der Waals surface area contributed by atoms with Crippen LogP contribution < -0.4 is 10.0 Å². The zero-order valence-electron chi connectivity index (χ0n) is 10.8. The Morgan fingerprint density at radius 3 is 2.38 bits per heavy atom. The smallest absolute Gasteiger partial charge is 0.266 e. The zero-order valence-corrected chi connectivity index (χ0v) is 16.4. The molecule has 2 aromatic rings. The third kappa shape index (κ3) is 3.89. The molecule has 0 bridgehead atoms. The SMILES string of the molecule is CNCc1cc(S(=O)(=O)Nc2c(Br)cccc2Br)c(Br)o1. The van der Waals surface area contributed by atoms with Gasteiger partial charge in [-0.3, -0.25) is 4.72 Å². The Morgan fingerprint density at radius 1 is 1.19 bits per heavy atom. The van der Waals surface area contributed by atoms with Crippen LogP contribution >= 0.6 is 47.8 Å². The molecule has 0 atom stereocenters. The van der Waals surface area contributed by atoms with Crippen molar-refractivity contribution in [1.29, 1.82) is 0 Å². The fourth-order valence-corrected chi connectivity index (χ4v) is 5.19. The molecule has 2 rings (SSSR count).